The molecule has 1 amide bonds. The molecule has 2 aliphatic carbocycles. The standard InChI is InChI=1S/C13H24N2O2/c1-8(16)3-2-6-15-13(17)11-9-4-5-10(7-9)12(11)14/h8-12,16H,2-7,14H2,1H3,(H,15,17). The van der Waals surface area contributed by atoms with Crippen molar-refractivity contribution in [2.24, 2.45) is 23.5 Å². The summed E-state index contributed by atoms with van der Waals surface area (Å²) in [6, 6.07) is 0.0746. The molecular formula is C13H24N2O2. The lowest BCUT2D eigenvalue weighted by atomic mass is 9.84. The predicted molar refractivity (Wildman–Crippen MR) is 66.2 cm³/mol. The van der Waals surface area contributed by atoms with Crippen LogP contribution in [0.3, 0.4) is 0 Å². The van der Waals surface area contributed by atoms with Crippen LogP contribution in [0.2, 0.25) is 0 Å². The molecule has 4 nitrogen and oxygen atoms in total. The minimum Gasteiger partial charge on any atom is -0.393 e. The van der Waals surface area contributed by atoms with E-state index in [1.54, 1.807) is 6.92 Å². The molecular weight excluding hydrogens is 216 g/mol. The zero-order chi connectivity index (χ0) is 12.4. The Kier molecular flexibility index (Phi) is 4.05. The lowest BCUT2D eigenvalue weighted by Crippen LogP contribution is -2.45. The van der Waals surface area contributed by atoms with Gasteiger partial charge in [-0.05, 0) is 50.9 Å². The third-order valence-electron chi connectivity index (χ3n) is 4.38. The molecule has 2 aliphatic rings. The van der Waals surface area contributed by atoms with Gasteiger partial charge in [0.2, 0.25) is 5.91 Å². The molecule has 0 aromatic heterocycles. The second kappa shape index (κ2) is 5.36. The van der Waals surface area contributed by atoms with Gasteiger partial charge in [-0.15, -0.1) is 0 Å². The summed E-state index contributed by atoms with van der Waals surface area (Å²) in [5, 5.41) is 12.1. The average Bonchev–Trinajstić information content (AvgIpc) is 2.84. The number of nitrogens with one attached hydrogen (secondary N) is 1. The summed E-state index contributed by atoms with van der Waals surface area (Å²) in [4.78, 5) is 12.0. The molecule has 98 valence electrons. The zero-order valence-electron chi connectivity index (χ0n) is 10.6. The van der Waals surface area contributed by atoms with Gasteiger partial charge in [0, 0.05) is 12.6 Å². The Morgan fingerprint density at radius 1 is 1.47 bits per heavy atom. The van der Waals surface area contributed by atoms with Crippen LogP contribution in [0.25, 0.3) is 0 Å². The second-order valence-corrected chi connectivity index (χ2v) is 5.72. The van der Waals surface area contributed by atoms with Gasteiger partial charge in [0.05, 0.1) is 12.0 Å². The molecule has 5 atom stereocenters. The first-order valence-electron chi connectivity index (χ1n) is 6.81. The molecule has 2 fully saturated rings. The number of aliphatic hydroxyl groups is 1. The summed E-state index contributed by atoms with van der Waals surface area (Å²) in [6.45, 7) is 2.43. The molecule has 4 heteroatoms. The summed E-state index contributed by atoms with van der Waals surface area (Å²) in [7, 11) is 0. The number of hydrogen-bond donors (Lipinski definition) is 3. The number of carbonyl (C=O) groups is 1. The molecule has 2 saturated carbocycles. The van der Waals surface area contributed by atoms with Gasteiger partial charge in [-0.2, -0.15) is 0 Å². The van der Waals surface area contributed by atoms with Crippen LogP contribution in [-0.4, -0.2) is 29.7 Å². The van der Waals surface area contributed by atoms with E-state index < -0.39 is 0 Å². The topological polar surface area (TPSA) is 75.3 Å². The first kappa shape index (κ1) is 12.8. The van der Waals surface area contributed by atoms with Crippen LogP contribution >= 0.6 is 0 Å². The summed E-state index contributed by atoms with van der Waals surface area (Å²) in [5.74, 6) is 1.27. The van der Waals surface area contributed by atoms with Crippen molar-refractivity contribution in [3.05, 3.63) is 0 Å². The van der Waals surface area contributed by atoms with Crippen LogP contribution < -0.4 is 11.1 Å². The molecule has 2 bridgehead atoms. The lowest BCUT2D eigenvalue weighted by molar-refractivity contribution is -0.127. The predicted octanol–water partition coefficient (Wildman–Crippen LogP) is 0.637. The van der Waals surface area contributed by atoms with Crippen molar-refractivity contribution in [2.75, 3.05) is 6.54 Å². The van der Waals surface area contributed by atoms with E-state index in [1.807, 2.05) is 0 Å². The van der Waals surface area contributed by atoms with E-state index in [-0.39, 0.29) is 24.0 Å². The van der Waals surface area contributed by atoms with Gasteiger partial charge in [0.15, 0.2) is 0 Å². The average molecular weight is 240 g/mol. The van der Waals surface area contributed by atoms with Crippen molar-refractivity contribution in [3.8, 4) is 0 Å². The summed E-state index contributed by atoms with van der Waals surface area (Å²) < 4.78 is 0. The van der Waals surface area contributed by atoms with Gasteiger partial charge in [-0.1, -0.05) is 0 Å². The third kappa shape index (κ3) is 2.80. The van der Waals surface area contributed by atoms with E-state index in [0.29, 0.717) is 18.4 Å². The number of hydrogen-bond acceptors (Lipinski definition) is 3. The van der Waals surface area contributed by atoms with Crippen LogP contribution in [0.4, 0.5) is 0 Å². The fourth-order valence-corrected chi connectivity index (χ4v) is 3.45. The van der Waals surface area contributed by atoms with Crippen LogP contribution in [-0.2, 0) is 4.79 Å². The Balaban J connectivity index is 1.73. The highest BCUT2D eigenvalue weighted by Crippen LogP contribution is 2.47. The number of amides is 1. The van der Waals surface area contributed by atoms with Gasteiger partial charge < -0.3 is 16.2 Å². The first-order chi connectivity index (χ1) is 8.09. The molecule has 0 heterocycles. The van der Waals surface area contributed by atoms with Gasteiger partial charge in [0.1, 0.15) is 0 Å². The Bertz CT molecular complexity index is 279. The number of aliphatic hydroxyl groups excluding tert-OH is 1. The molecule has 0 aromatic carbocycles. The Morgan fingerprint density at radius 3 is 2.76 bits per heavy atom. The van der Waals surface area contributed by atoms with Crippen LogP contribution in [0.15, 0.2) is 0 Å². The van der Waals surface area contributed by atoms with E-state index >= 15 is 0 Å². The highest BCUT2D eigenvalue weighted by atomic mass is 16.3. The monoisotopic (exact) mass is 240 g/mol. The van der Waals surface area contributed by atoms with Crippen molar-refractivity contribution in [2.45, 2.75) is 51.2 Å². The molecule has 4 N–H and O–H groups in total. The summed E-state index contributed by atoms with van der Waals surface area (Å²) in [6.07, 6.45) is 4.81. The van der Waals surface area contributed by atoms with E-state index in [9.17, 15) is 4.79 Å². The molecule has 2 rings (SSSR count). The van der Waals surface area contributed by atoms with Crippen molar-refractivity contribution in [1.29, 1.82) is 0 Å². The Labute approximate surface area is 103 Å². The van der Waals surface area contributed by atoms with Crippen LogP contribution in [0, 0.1) is 17.8 Å². The van der Waals surface area contributed by atoms with Crippen molar-refractivity contribution in [1.82, 2.24) is 5.32 Å². The van der Waals surface area contributed by atoms with Gasteiger partial charge in [-0.3, -0.25) is 4.79 Å². The van der Waals surface area contributed by atoms with Crippen molar-refractivity contribution < 1.29 is 9.90 Å². The van der Waals surface area contributed by atoms with Gasteiger partial charge in [-0.25, -0.2) is 0 Å². The number of fused-ring (bicyclic) bond motifs is 2. The molecule has 0 aromatic rings. The molecule has 0 spiro atoms. The normalized spacial score (nSPS) is 37.1. The highest BCUT2D eigenvalue weighted by molar-refractivity contribution is 5.80. The van der Waals surface area contributed by atoms with E-state index in [0.717, 1.165) is 19.3 Å². The maximum atomic E-state index is 12.0. The van der Waals surface area contributed by atoms with Crippen LogP contribution in [0.1, 0.15) is 39.0 Å². The van der Waals surface area contributed by atoms with Crippen LogP contribution in [0.5, 0.6) is 0 Å². The largest absolute Gasteiger partial charge is 0.393 e. The zero-order valence-corrected chi connectivity index (χ0v) is 10.6. The third-order valence-corrected chi connectivity index (χ3v) is 4.38. The Morgan fingerprint density at radius 2 is 2.18 bits per heavy atom. The number of nitrogens with two attached hydrogens (primary N) is 1. The number of rotatable bonds is 5. The summed E-state index contributed by atoms with van der Waals surface area (Å²) in [5.41, 5.74) is 6.12. The minimum absolute atomic E-state index is 0.0419. The maximum Gasteiger partial charge on any atom is 0.224 e. The maximum absolute atomic E-state index is 12.0. The van der Waals surface area contributed by atoms with E-state index in [4.69, 9.17) is 10.8 Å². The minimum atomic E-state index is -0.281. The highest BCUT2D eigenvalue weighted by Gasteiger charge is 2.48. The molecule has 0 radical (unpaired) electrons. The summed E-state index contributed by atoms with van der Waals surface area (Å²) >= 11 is 0. The van der Waals surface area contributed by atoms with Crippen molar-refractivity contribution in [3.63, 3.8) is 0 Å². The fourth-order valence-electron chi connectivity index (χ4n) is 3.45. The SMILES string of the molecule is CC(O)CCCNC(=O)C1C2CCC(C2)C1N. The van der Waals surface area contributed by atoms with Crippen molar-refractivity contribution >= 4 is 5.91 Å². The smallest absolute Gasteiger partial charge is 0.224 e. The van der Waals surface area contributed by atoms with E-state index in [1.165, 1.54) is 12.8 Å². The first-order valence-corrected chi connectivity index (χ1v) is 6.81. The van der Waals surface area contributed by atoms with Gasteiger partial charge in [0.25, 0.3) is 0 Å². The van der Waals surface area contributed by atoms with E-state index in [2.05, 4.69) is 5.32 Å². The molecule has 0 aliphatic heterocycles. The fraction of sp³-hybridized carbons (Fsp3) is 0.923. The second-order valence-electron chi connectivity index (χ2n) is 5.72. The molecule has 5 unspecified atom stereocenters. The lowest BCUT2D eigenvalue weighted by Gasteiger charge is -2.27. The Hall–Kier alpha value is -0.610. The van der Waals surface area contributed by atoms with Gasteiger partial charge >= 0.3 is 0 Å². The molecule has 17 heavy (non-hydrogen) atoms. The number of carbonyl (C=O) groups excluding carboxylic acids is 1. The quantitative estimate of drug-likeness (QED) is 0.617. The molecule has 0 saturated heterocycles.